The summed E-state index contributed by atoms with van der Waals surface area (Å²) in [5, 5.41) is 3.91. The Morgan fingerprint density at radius 3 is 2.79 bits per heavy atom. The van der Waals surface area contributed by atoms with E-state index < -0.39 is 0 Å². The number of carbonyl (C=O) groups is 1. The minimum absolute atomic E-state index is 0.0542. The number of piperidine rings is 1. The third-order valence-corrected chi connectivity index (χ3v) is 8.41. The fourth-order valence-electron chi connectivity index (χ4n) is 4.96. The lowest BCUT2D eigenvalue weighted by Crippen LogP contribution is -2.34. The number of thiophene rings is 1. The van der Waals surface area contributed by atoms with E-state index >= 15 is 0 Å². The first-order valence-corrected chi connectivity index (χ1v) is 12.9. The first-order valence-electron chi connectivity index (χ1n) is 11.1. The lowest BCUT2D eigenvalue weighted by molar-refractivity contribution is 0.0976. The third kappa shape index (κ3) is 3.51. The number of aryl methyl sites for hydroxylation is 1. The van der Waals surface area contributed by atoms with E-state index in [-0.39, 0.29) is 11.3 Å². The Labute approximate surface area is 198 Å². The van der Waals surface area contributed by atoms with Gasteiger partial charge in [-0.25, -0.2) is 9.97 Å². The number of thiazole rings is 1. The van der Waals surface area contributed by atoms with E-state index in [1.165, 1.54) is 28.2 Å². The molecule has 4 aromatic rings. The summed E-state index contributed by atoms with van der Waals surface area (Å²) in [6.45, 7) is 4.99. The number of imidazole rings is 1. The van der Waals surface area contributed by atoms with Crippen molar-refractivity contribution >= 4 is 39.0 Å². The molecule has 1 fully saturated rings. The molecule has 0 aromatic carbocycles. The lowest BCUT2D eigenvalue weighted by atomic mass is 9.92. The Balaban J connectivity index is 1.23. The monoisotopic (exact) mass is 477 g/mol. The Morgan fingerprint density at radius 2 is 1.94 bits per heavy atom. The topological polar surface area (TPSA) is 72.5 Å². The maximum Gasteiger partial charge on any atom is 0.261 e. The molecular weight excluding hydrogens is 454 g/mol. The molecule has 1 saturated heterocycles. The predicted molar refractivity (Wildman–Crippen MR) is 130 cm³/mol. The molecule has 2 aliphatic heterocycles. The molecule has 0 N–H and O–H groups in total. The maximum absolute atomic E-state index is 12.9. The first kappa shape index (κ1) is 20.7. The average Bonchev–Trinajstić information content (AvgIpc) is 3.56. The highest BCUT2D eigenvalue weighted by Gasteiger charge is 2.29. The quantitative estimate of drug-likeness (QED) is 0.450. The minimum atomic E-state index is 0.0542. The van der Waals surface area contributed by atoms with Crippen LogP contribution in [0.4, 0.5) is 0 Å². The molecule has 0 spiro atoms. The summed E-state index contributed by atoms with van der Waals surface area (Å²) in [7, 11) is 0. The summed E-state index contributed by atoms with van der Waals surface area (Å²) in [6, 6.07) is 2.07. The highest BCUT2D eigenvalue weighted by molar-refractivity contribution is 7.15. The predicted octanol–water partition coefficient (Wildman–Crippen LogP) is 3.66. The molecule has 0 unspecified atom stereocenters. The number of fused-ring (bicyclic) bond motifs is 3. The van der Waals surface area contributed by atoms with Crippen LogP contribution < -0.4 is 5.56 Å². The van der Waals surface area contributed by atoms with Gasteiger partial charge in [-0.05, 0) is 37.6 Å². The molecule has 168 valence electrons. The summed E-state index contributed by atoms with van der Waals surface area (Å²) < 4.78 is 3.63. The Hall–Kier alpha value is -2.88. The number of nitrogens with zero attached hydrogens (tertiary/aromatic N) is 5. The SMILES string of the molecule is Cc1nc2sccn2c(=O)c1CCN1CCC(=C2c3ccsc3C(=O)Cn3ccnc32)CC1. The zero-order valence-corrected chi connectivity index (χ0v) is 19.9. The van der Waals surface area contributed by atoms with Gasteiger partial charge in [0.05, 0.1) is 11.4 Å². The van der Waals surface area contributed by atoms with Gasteiger partial charge in [0.1, 0.15) is 5.82 Å². The van der Waals surface area contributed by atoms with Crippen LogP contribution in [0.15, 0.2) is 45.8 Å². The minimum Gasteiger partial charge on any atom is -0.323 e. The van der Waals surface area contributed by atoms with Crippen LogP contribution >= 0.6 is 22.7 Å². The molecular formula is C24H23N5O2S2. The van der Waals surface area contributed by atoms with Crippen LogP contribution in [-0.4, -0.2) is 49.3 Å². The van der Waals surface area contributed by atoms with Gasteiger partial charge >= 0.3 is 0 Å². The van der Waals surface area contributed by atoms with Gasteiger partial charge in [-0.3, -0.25) is 14.0 Å². The van der Waals surface area contributed by atoms with E-state index in [1.807, 2.05) is 28.4 Å². The third-order valence-electron chi connectivity index (χ3n) is 6.70. The zero-order chi connectivity index (χ0) is 22.5. The number of carbonyl (C=O) groups excluding carboxylic acids is 1. The van der Waals surface area contributed by atoms with Crippen LogP contribution in [0.5, 0.6) is 0 Å². The second-order valence-corrected chi connectivity index (χ2v) is 10.4. The van der Waals surface area contributed by atoms with Crippen LogP contribution in [0, 0.1) is 6.92 Å². The van der Waals surface area contributed by atoms with Gasteiger partial charge in [-0.2, -0.15) is 0 Å². The van der Waals surface area contributed by atoms with Crippen molar-refractivity contribution in [1.29, 1.82) is 0 Å². The number of hydrogen-bond donors (Lipinski definition) is 0. The number of aromatic nitrogens is 4. The van der Waals surface area contributed by atoms with Gasteiger partial charge in [0, 0.05) is 66.0 Å². The van der Waals surface area contributed by atoms with E-state index in [0.717, 1.165) is 70.5 Å². The van der Waals surface area contributed by atoms with Gasteiger partial charge in [-0.15, -0.1) is 22.7 Å². The van der Waals surface area contributed by atoms with E-state index in [1.54, 1.807) is 16.8 Å². The molecule has 6 heterocycles. The fourth-order valence-corrected chi connectivity index (χ4v) is 6.54. The number of likely N-dealkylation sites (tertiary alicyclic amines) is 1. The summed E-state index contributed by atoms with van der Waals surface area (Å²) >= 11 is 3.01. The standard InChI is InChI=1S/C24H23N5O2S2/c1-15-17(23(31)29-11-13-33-24(29)26-15)4-9-27-7-2-16(3-8-27)20-18-5-12-32-21(18)19(30)14-28-10-6-25-22(20)28/h5-6,10-13H,2-4,7-9,14H2,1H3. The summed E-state index contributed by atoms with van der Waals surface area (Å²) in [5.74, 6) is 1.06. The van der Waals surface area contributed by atoms with Crippen LogP contribution in [-0.2, 0) is 13.0 Å². The van der Waals surface area contributed by atoms with Crippen molar-refractivity contribution in [2.24, 2.45) is 0 Å². The van der Waals surface area contributed by atoms with Crippen molar-refractivity contribution in [2.45, 2.75) is 32.7 Å². The smallest absolute Gasteiger partial charge is 0.261 e. The summed E-state index contributed by atoms with van der Waals surface area (Å²) in [6.07, 6.45) is 8.07. The Morgan fingerprint density at radius 1 is 1.09 bits per heavy atom. The van der Waals surface area contributed by atoms with E-state index in [9.17, 15) is 9.59 Å². The van der Waals surface area contributed by atoms with Gasteiger partial charge in [0.15, 0.2) is 10.7 Å². The Bertz CT molecular complexity index is 1460. The number of rotatable bonds is 3. The second kappa shape index (κ2) is 8.16. The largest absolute Gasteiger partial charge is 0.323 e. The molecule has 0 bridgehead atoms. The number of hydrogen-bond acceptors (Lipinski definition) is 7. The van der Waals surface area contributed by atoms with E-state index in [4.69, 9.17) is 0 Å². The first-order chi connectivity index (χ1) is 16.1. The highest BCUT2D eigenvalue weighted by atomic mass is 32.1. The normalized spacial score (nSPS) is 16.8. The van der Waals surface area contributed by atoms with Crippen molar-refractivity contribution in [3.8, 4) is 0 Å². The molecule has 33 heavy (non-hydrogen) atoms. The highest BCUT2D eigenvalue weighted by Crippen LogP contribution is 2.37. The summed E-state index contributed by atoms with van der Waals surface area (Å²) in [5.41, 5.74) is 5.24. The van der Waals surface area contributed by atoms with Gasteiger partial charge in [0.25, 0.3) is 5.56 Å². The summed E-state index contributed by atoms with van der Waals surface area (Å²) in [4.78, 5) is 38.8. The molecule has 0 radical (unpaired) electrons. The molecule has 0 atom stereocenters. The second-order valence-electron chi connectivity index (χ2n) is 8.57. The molecule has 0 aliphatic carbocycles. The van der Waals surface area contributed by atoms with Crippen LogP contribution in [0.25, 0.3) is 10.5 Å². The fraction of sp³-hybridized carbons (Fsp3) is 0.333. The molecule has 0 amide bonds. The Kier molecular flexibility index (Phi) is 5.12. The lowest BCUT2D eigenvalue weighted by Gasteiger charge is -2.29. The van der Waals surface area contributed by atoms with Gasteiger partial charge in [0.2, 0.25) is 0 Å². The number of Topliss-reactive ketones (excluding diaryl/α,β-unsaturated/α-hetero) is 1. The molecule has 2 aliphatic rings. The van der Waals surface area contributed by atoms with Crippen molar-refractivity contribution < 1.29 is 4.79 Å². The number of ketones is 1. The zero-order valence-electron chi connectivity index (χ0n) is 18.3. The van der Waals surface area contributed by atoms with Crippen LogP contribution in [0.3, 0.4) is 0 Å². The molecule has 6 rings (SSSR count). The van der Waals surface area contributed by atoms with E-state index in [2.05, 4.69) is 20.9 Å². The molecule has 7 nitrogen and oxygen atoms in total. The molecule has 9 heteroatoms. The van der Waals surface area contributed by atoms with Crippen LogP contribution in [0.2, 0.25) is 0 Å². The molecule has 4 aromatic heterocycles. The van der Waals surface area contributed by atoms with Crippen molar-refractivity contribution in [3.05, 3.63) is 78.9 Å². The molecule has 0 saturated carbocycles. The van der Waals surface area contributed by atoms with Crippen molar-refractivity contribution in [3.63, 3.8) is 0 Å². The van der Waals surface area contributed by atoms with E-state index in [0.29, 0.717) is 13.0 Å². The van der Waals surface area contributed by atoms with Gasteiger partial charge in [-0.1, -0.05) is 5.57 Å². The van der Waals surface area contributed by atoms with Gasteiger partial charge < -0.3 is 9.47 Å². The van der Waals surface area contributed by atoms with Crippen molar-refractivity contribution in [2.75, 3.05) is 19.6 Å². The average molecular weight is 478 g/mol. The van der Waals surface area contributed by atoms with Crippen molar-refractivity contribution in [1.82, 2.24) is 23.8 Å². The maximum atomic E-state index is 12.9. The van der Waals surface area contributed by atoms with Crippen LogP contribution in [0.1, 0.15) is 45.2 Å².